The molecule has 1 atom stereocenters. The minimum atomic E-state index is -0.409. The fourth-order valence-electron chi connectivity index (χ4n) is 3.36. The molecule has 136 valence electrons. The summed E-state index contributed by atoms with van der Waals surface area (Å²) < 4.78 is 16.3. The summed E-state index contributed by atoms with van der Waals surface area (Å²) in [6.07, 6.45) is 0. The predicted molar refractivity (Wildman–Crippen MR) is 97.5 cm³/mol. The molecule has 1 fully saturated rings. The van der Waals surface area contributed by atoms with Crippen LogP contribution in [0.3, 0.4) is 0 Å². The minimum Gasteiger partial charge on any atom is -0.454 e. The molecule has 2 aliphatic rings. The van der Waals surface area contributed by atoms with Crippen LogP contribution < -0.4 is 14.8 Å². The third-order valence-electron chi connectivity index (χ3n) is 4.77. The number of para-hydroxylation sites is 1. The van der Waals surface area contributed by atoms with Gasteiger partial charge in [-0.15, -0.1) is 0 Å². The van der Waals surface area contributed by atoms with Crippen molar-refractivity contribution in [2.24, 2.45) is 0 Å². The van der Waals surface area contributed by atoms with E-state index in [4.69, 9.17) is 14.2 Å². The van der Waals surface area contributed by atoms with Crippen LogP contribution >= 0.6 is 0 Å². The molecule has 2 aromatic carbocycles. The number of anilines is 1. The summed E-state index contributed by atoms with van der Waals surface area (Å²) in [6, 6.07) is 13.1. The van der Waals surface area contributed by atoms with Crippen molar-refractivity contribution in [2.45, 2.75) is 13.0 Å². The summed E-state index contributed by atoms with van der Waals surface area (Å²) in [7, 11) is 0. The zero-order valence-corrected chi connectivity index (χ0v) is 14.7. The van der Waals surface area contributed by atoms with Gasteiger partial charge in [-0.05, 0) is 36.2 Å². The lowest BCUT2D eigenvalue weighted by atomic mass is 10.0. The van der Waals surface area contributed by atoms with Crippen molar-refractivity contribution < 1.29 is 19.0 Å². The number of nitrogens with zero attached hydrogens (tertiary/aromatic N) is 1. The van der Waals surface area contributed by atoms with Crippen LogP contribution in [0.15, 0.2) is 42.5 Å². The molecule has 1 amide bonds. The second kappa shape index (κ2) is 7.35. The van der Waals surface area contributed by atoms with Gasteiger partial charge in [-0.25, -0.2) is 0 Å². The number of rotatable bonds is 4. The highest BCUT2D eigenvalue weighted by atomic mass is 16.7. The maximum atomic E-state index is 13.2. The van der Waals surface area contributed by atoms with Gasteiger partial charge in [-0.1, -0.05) is 24.3 Å². The summed E-state index contributed by atoms with van der Waals surface area (Å²) in [5.41, 5.74) is 2.76. The number of ether oxygens (including phenoxy) is 3. The summed E-state index contributed by atoms with van der Waals surface area (Å²) in [5, 5.41) is 3.08. The number of benzene rings is 2. The van der Waals surface area contributed by atoms with Gasteiger partial charge in [0, 0.05) is 18.8 Å². The fraction of sp³-hybridized carbons (Fsp3) is 0.350. The molecular formula is C20H22N2O4. The Balaban J connectivity index is 1.64. The molecule has 1 unspecified atom stereocenters. The van der Waals surface area contributed by atoms with Crippen LogP contribution in [0.5, 0.6) is 11.5 Å². The lowest BCUT2D eigenvalue weighted by Gasteiger charge is -2.34. The molecule has 1 saturated heterocycles. The zero-order valence-electron chi connectivity index (χ0n) is 14.7. The molecule has 2 aliphatic heterocycles. The Morgan fingerprint density at radius 1 is 1.08 bits per heavy atom. The first-order chi connectivity index (χ1) is 12.7. The first-order valence-electron chi connectivity index (χ1n) is 8.80. The number of morpholine rings is 1. The van der Waals surface area contributed by atoms with Crippen molar-refractivity contribution in [3.8, 4) is 11.5 Å². The number of carbonyl (C=O) groups is 1. The first kappa shape index (κ1) is 16.9. The molecule has 0 saturated carbocycles. The lowest BCUT2D eigenvalue weighted by Crippen LogP contribution is -2.44. The topological polar surface area (TPSA) is 60.0 Å². The minimum absolute atomic E-state index is 0.0555. The molecule has 26 heavy (non-hydrogen) atoms. The standard InChI is InChI=1S/C20H22N2O4/c1-14-4-2-3-5-16(14)21-20(23)19(22-8-10-24-11-9-22)15-6-7-17-18(12-15)26-13-25-17/h2-7,12,19H,8-11,13H2,1H3,(H,21,23). The largest absolute Gasteiger partial charge is 0.454 e. The van der Waals surface area contributed by atoms with Crippen LogP contribution in [0.25, 0.3) is 0 Å². The third-order valence-corrected chi connectivity index (χ3v) is 4.77. The zero-order chi connectivity index (χ0) is 17.9. The van der Waals surface area contributed by atoms with Crippen LogP contribution in [0.1, 0.15) is 17.2 Å². The van der Waals surface area contributed by atoms with Crippen molar-refractivity contribution in [1.29, 1.82) is 0 Å². The number of hydrogen-bond acceptors (Lipinski definition) is 5. The van der Waals surface area contributed by atoms with E-state index in [1.54, 1.807) is 0 Å². The molecule has 0 spiro atoms. The van der Waals surface area contributed by atoms with Gasteiger partial charge in [0.25, 0.3) is 0 Å². The summed E-state index contributed by atoms with van der Waals surface area (Å²) in [4.78, 5) is 15.3. The Hall–Kier alpha value is -2.57. The smallest absolute Gasteiger partial charge is 0.246 e. The molecule has 2 aromatic rings. The van der Waals surface area contributed by atoms with E-state index in [9.17, 15) is 4.79 Å². The van der Waals surface area contributed by atoms with E-state index in [-0.39, 0.29) is 12.7 Å². The normalized spacial score (nSPS) is 17.7. The molecule has 0 bridgehead atoms. The molecule has 0 aliphatic carbocycles. The van der Waals surface area contributed by atoms with Gasteiger partial charge in [0.05, 0.1) is 13.2 Å². The van der Waals surface area contributed by atoms with Crippen LogP contribution in [0.4, 0.5) is 5.69 Å². The SMILES string of the molecule is Cc1ccccc1NC(=O)C(c1ccc2c(c1)OCO2)N1CCOCC1. The molecule has 0 aromatic heterocycles. The summed E-state index contributed by atoms with van der Waals surface area (Å²) >= 11 is 0. The van der Waals surface area contributed by atoms with Crippen LogP contribution in [0, 0.1) is 6.92 Å². The average molecular weight is 354 g/mol. The van der Waals surface area contributed by atoms with E-state index in [1.807, 2.05) is 49.4 Å². The number of carbonyl (C=O) groups excluding carboxylic acids is 1. The van der Waals surface area contributed by atoms with Gasteiger partial charge >= 0.3 is 0 Å². The average Bonchev–Trinajstić information content (AvgIpc) is 3.13. The van der Waals surface area contributed by atoms with Gasteiger partial charge in [0.2, 0.25) is 12.7 Å². The van der Waals surface area contributed by atoms with Gasteiger partial charge in [0.1, 0.15) is 6.04 Å². The highest BCUT2D eigenvalue weighted by Gasteiger charge is 2.30. The molecule has 6 nitrogen and oxygen atoms in total. The summed E-state index contributed by atoms with van der Waals surface area (Å²) in [5.74, 6) is 1.35. The van der Waals surface area contributed by atoms with E-state index in [1.165, 1.54) is 0 Å². The Morgan fingerprint density at radius 3 is 2.65 bits per heavy atom. The quantitative estimate of drug-likeness (QED) is 0.915. The number of hydrogen-bond donors (Lipinski definition) is 1. The number of nitrogens with one attached hydrogen (secondary N) is 1. The Morgan fingerprint density at radius 2 is 1.85 bits per heavy atom. The van der Waals surface area contributed by atoms with E-state index in [0.29, 0.717) is 37.8 Å². The molecule has 1 N–H and O–H groups in total. The van der Waals surface area contributed by atoms with E-state index >= 15 is 0 Å². The predicted octanol–water partition coefficient (Wildman–Crippen LogP) is 2.74. The first-order valence-corrected chi connectivity index (χ1v) is 8.80. The van der Waals surface area contributed by atoms with Crippen molar-refractivity contribution >= 4 is 11.6 Å². The Bertz CT molecular complexity index is 802. The molecular weight excluding hydrogens is 332 g/mol. The van der Waals surface area contributed by atoms with Gasteiger partial charge in [-0.2, -0.15) is 0 Å². The van der Waals surface area contributed by atoms with E-state index < -0.39 is 6.04 Å². The maximum absolute atomic E-state index is 13.2. The van der Waals surface area contributed by atoms with Crippen molar-refractivity contribution in [3.05, 3.63) is 53.6 Å². The summed E-state index contributed by atoms with van der Waals surface area (Å²) in [6.45, 7) is 4.87. The van der Waals surface area contributed by atoms with Gasteiger partial charge < -0.3 is 19.5 Å². The van der Waals surface area contributed by atoms with Crippen LogP contribution in [0.2, 0.25) is 0 Å². The molecule has 2 heterocycles. The number of fused-ring (bicyclic) bond motifs is 1. The van der Waals surface area contributed by atoms with Crippen LogP contribution in [-0.4, -0.2) is 43.9 Å². The van der Waals surface area contributed by atoms with Crippen LogP contribution in [-0.2, 0) is 9.53 Å². The lowest BCUT2D eigenvalue weighted by molar-refractivity contribution is -0.123. The maximum Gasteiger partial charge on any atom is 0.246 e. The molecule has 0 radical (unpaired) electrons. The third kappa shape index (κ3) is 3.38. The molecule has 4 rings (SSSR count). The van der Waals surface area contributed by atoms with Crippen molar-refractivity contribution in [2.75, 3.05) is 38.4 Å². The monoisotopic (exact) mass is 354 g/mol. The fourth-order valence-corrected chi connectivity index (χ4v) is 3.36. The highest BCUT2D eigenvalue weighted by molar-refractivity contribution is 5.96. The highest BCUT2D eigenvalue weighted by Crippen LogP contribution is 2.36. The van der Waals surface area contributed by atoms with Gasteiger partial charge in [-0.3, -0.25) is 9.69 Å². The number of amides is 1. The second-order valence-electron chi connectivity index (χ2n) is 6.47. The van der Waals surface area contributed by atoms with Gasteiger partial charge in [0.15, 0.2) is 11.5 Å². The van der Waals surface area contributed by atoms with Crippen molar-refractivity contribution in [3.63, 3.8) is 0 Å². The van der Waals surface area contributed by atoms with Crippen molar-refractivity contribution in [1.82, 2.24) is 4.90 Å². The Labute approximate surface area is 152 Å². The number of aryl methyl sites for hydroxylation is 1. The molecule has 6 heteroatoms. The second-order valence-corrected chi connectivity index (χ2v) is 6.47. The Kier molecular flexibility index (Phi) is 4.77. The van der Waals surface area contributed by atoms with E-state index in [2.05, 4.69) is 10.2 Å². The van der Waals surface area contributed by atoms with E-state index in [0.717, 1.165) is 16.8 Å².